The highest BCUT2D eigenvalue weighted by Crippen LogP contribution is 2.38. The van der Waals surface area contributed by atoms with Crippen molar-refractivity contribution in [2.75, 3.05) is 28.4 Å². The minimum atomic E-state index is -0.940. The molecule has 0 bridgehead atoms. The van der Waals surface area contributed by atoms with Gasteiger partial charge >= 0.3 is 11.9 Å². The van der Waals surface area contributed by atoms with Gasteiger partial charge in [-0.05, 0) is 155 Å². The molecule has 8 nitrogen and oxygen atoms in total. The molecule has 2 N–H and O–H groups in total. The summed E-state index contributed by atoms with van der Waals surface area (Å²) < 4.78 is 21.6. The quantitative estimate of drug-likeness (QED) is 0.139. The number of aromatic carboxylic acids is 2. The molecule has 0 radical (unpaired) electrons. The number of carbonyl (C=O) groups is 2. The number of carboxylic acid groups (broad SMARTS) is 2. The van der Waals surface area contributed by atoms with Crippen LogP contribution in [0.4, 0.5) is 0 Å². The van der Waals surface area contributed by atoms with Crippen LogP contribution in [0.25, 0.3) is 17.2 Å². The number of fused-ring (bicyclic) bond motifs is 2. The Labute approximate surface area is 361 Å². The van der Waals surface area contributed by atoms with Crippen molar-refractivity contribution < 1.29 is 38.7 Å². The summed E-state index contributed by atoms with van der Waals surface area (Å²) in [7, 11) is 6.60. The summed E-state index contributed by atoms with van der Waals surface area (Å²) in [6, 6.07) is 37.4. The van der Waals surface area contributed by atoms with E-state index in [0.29, 0.717) is 0 Å². The van der Waals surface area contributed by atoms with E-state index in [9.17, 15) is 9.59 Å². The molecule has 62 heavy (non-hydrogen) atoms. The van der Waals surface area contributed by atoms with E-state index in [-0.39, 0.29) is 11.1 Å². The van der Waals surface area contributed by atoms with Gasteiger partial charge in [-0.3, -0.25) is 0 Å². The first-order valence-electron chi connectivity index (χ1n) is 19.9. The SMILES string of the molecule is COc1cc(C=C2CCc3cccc(C#Cc4ccc(C(=O)O)cc4)c32)cc(OC)c1.COc1cc(CC2=CCc3cccc(C#Cc4ccc(C(=O)O)cc4)c32)cc(OC)c1. The summed E-state index contributed by atoms with van der Waals surface area (Å²) in [6.07, 6.45) is 7.99. The Bertz CT molecular complexity index is 2800. The summed E-state index contributed by atoms with van der Waals surface area (Å²) in [5, 5.41) is 18.1. The summed E-state index contributed by atoms with van der Waals surface area (Å²) >= 11 is 0. The van der Waals surface area contributed by atoms with Crippen LogP contribution in [0.15, 0.2) is 127 Å². The minimum absolute atomic E-state index is 0.255. The number of benzene rings is 6. The summed E-state index contributed by atoms with van der Waals surface area (Å²) in [4.78, 5) is 22.1. The lowest BCUT2D eigenvalue weighted by atomic mass is 9.94. The van der Waals surface area contributed by atoms with E-state index in [2.05, 4.69) is 48.0 Å². The fraction of sp³-hybridized carbons (Fsp3) is 0.148. The normalized spacial score (nSPS) is 12.5. The number of allylic oxidation sites excluding steroid dienone is 3. The number of hydrogen-bond donors (Lipinski definition) is 2. The minimum Gasteiger partial charge on any atom is -0.497 e. The van der Waals surface area contributed by atoms with E-state index < -0.39 is 11.9 Å². The Balaban J connectivity index is 0.000000186. The van der Waals surface area contributed by atoms with Gasteiger partial charge in [0.1, 0.15) is 23.0 Å². The largest absolute Gasteiger partial charge is 0.497 e. The lowest BCUT2D eigenvalue weighted by Gasteiger charge is -2.11. The van der Waals surface area contributed by atoms with Gasteiger partial charge < -0.3 is 29.2 Å². The average Bonchev–Trinajstić information content (AvgIpc) is 3.92. The molecule has 2 aliphatic carbocycles. The summed E-state index contributed by atoms with van der Waals surface area (Å²) in [6.45, 7) is 0. The van der Waals surface area contributed by atoms with E-state index in [1.54, 1.807) is 77.0 Å². The van der Waals surface area contributed by atoms with Crippen LogP contribution < -0.4 is 18.9 Å². The lowest BCUT2D eigenvalue weighted by molar-refractivity contribution is 0.0686. The predicted octanol–water partition coefficient (Wildman–Crippen LogP) is 10.3. The highest BCUT2D eigenvalue weighted by Gasteiger charge is 2.20. The maximum atomic E-state index is 11.0. The second-order valence-electron chi connectivity index (χ2n) is 14.6. The first-order chi connectivity index (χ1) is 30.1. The number of ether oxygens (including phenoxy) is 4. The van der Waals surface area contributed by atoms with E-state index >= 15 is 0 Å². The molecule has 0 saturated carbocycles. The van der Waals surface area contributed by atoms with Gasteiger partial charge in [-0.2, -0.15) is 0 Å². The molecular formula is C54H44O8. The Morgan fingerprint density at radius 2 is 1.05 bits per heavy atom. The monoisotopic (exact) mass is 820 g/mol. The van der Waals surface area contributed by atoms with Gasteiger partial charge in [-0.1, -0.05) is 60.1 Å². The van der Waals surface area contributed by atoms with Crippen LogP contribution in [-0.4, -0.2) is 50.6 Å². The van der Waals surface area contributed by atoms with Crippen LogP contribution in [0.2, 0.25) is 0 Å². The van der Waals surface area contributed by atoms with Crippen LogP contribution in [0.3, 0.4) is 0 Å². The topological polar surface area (TPSA) is 112 Å². The Hall–Kier alpha value is -7.94. The predicted molar refractivity (Wildman–Crippen MR) is 242 cm³/mol. The fourth-order valence-corrected chi connectivity index (χ4v) is 7.55. The molecule has 6 aromatic rings. The molecule has 0 aromatic heterocycles. The van der Waals surface area contributed by atoms with Crippen LogP contribution >= 0.6 is 0 Å². The van der Waals surface area contributed by atoms with E-state index in [0.717, 1.165) is 82.1 Å². The van der Waals surface area contributed by atoms with Crippen LogP contribution in [0.1, 0.15) is 82.8 Å². The number of methoxy groups -OCH3 is 4. The molecule has 8 heteroatoms. The Morgan fingerprint density at radius 1 is 0.565 bits per heavy atom. The van der Waals surface area contributed by atoms with Crippen LogP contribution in [0, 0.1) is 23.7 Å². The molecule has 308 valence electrons. The average molecular weight is 821 g/mol. The van der Waals surface area contributed by atoms with Crippen molar-refractivity contribution in [2.24, 2.45) is 0 Å². The molecule has 0 amide bonds. The van der Waals surface area contributed by atoms with Gasteiger partial charge in [0.05, 0.1) is 39.6 Å². The van der Waals surface area contributed by atoms with Crippen LogP contribution in [0.5, 0.6) is 23.0 Å². The smallest absolute Gasteiger partial charge is 0.335 e. The van der Waals surface area contributed by atoms with Crippen molar-refractivity contribution in [3.63, 3.8) is 0 Å². The van der Waals surface area contributed by atoms with E-state index in [4.69, 9.17) is 29.2 Å². The number of rotatable bonds is 9. The van der Waals surface area contributed by atoms with Crippen molar-refractivity contribution in [3.05, 3.63) is 194 Å². The number of hydrogen-bond acceptors (Lipinski definition) is 6. The highest BCUT2D eigenvalue weighted by atomic mass is 16.5. The summed E-state index contributed by atoms with van der Waals surface area (Å²) in [5.41, 5.74) is 13.5. The van der Waals surface area contributed by atoms with E-state index in [1.165, 1.54) is 33.4 Å². The maximum absolute atomic E-state index is 11.0. The Kier molecular flexibility index (Phi) is 13.2. The van der Waals surface area contributed by atoms with Crippen molar-refractivity contribution in [1.82, 2.24) is 0 Å². The Morgan fingerprint density at radius 3 is 1.55 bits per heavy atom. The molecule has 8 rings (SSSR count). The summed E-state index contributed by atoms with van der Waals surface area (Å²) in [5.74, 6) is 14.1. The second-order valence-corrected chi connectivity index (χ2v) is 14.6. The molecule has 2 aliphatic rings. The van der Waals surface area contributed by atoms with Crippen LogP contribution in [-0.2, 0) is 19.3 Å². The van der Waals surface area contributed by atoms with Gasteiger partial charge in [-0.15, -0.1) is 0 Å². The molecule has 6 aromatic carbocycles. The molecule has 0 spiro atoms. The van der Waals surface area contributed by atoms with Crippen molar-refractivity contribution in [2.45, 2.75) is 25.7 Å². The fourth-order valence-electron chi connectivity index (χ4n) is 7.55. The van der Waals surface area contributed by atoms with Gasteiger partial charge in [0.2, 0.25) is 0 Å². The van der Waals surface area contributed by atoms with Gasteiger partial charge in [0.25, 0.3) is 0 Å². The molecule has 0 atom stereocenters. The third kappa shape index (κ3) is 10.1. The van der Waals surface area contributed by atoms with Gasteiger partial charge in [-0.25, -0.2) is 9.59 Å². The van der Waals surface area contributed by atoms with Crippen molar-refractivity contribution in [3.8, 4) is 46.7 Å². The van der Waals surface area contributed by atoms with E-state index in [1.807, 2.05) is 60.7 Å². The third-order valence-electron chi connectivity index (χ3n) is 10.6. The van der Waals surface area contributed by atoms with Gasteiger partial charge in [0, 0.05) is 34.4 Å². The highest BCUT2D eigenvalue weighted by molar-refractivity contribution is 5.89. The zero-order valence-corrected chi connectivity index (χ0v) is 34.9. The molecule has 0 fully saturated rings. The zero-order chi connectivity index (χ0) is 43.6. The third-order valence-corrected chi connectivity index (χ3v) is 10.6. The molecule has 0 saturated heterocycles. The first-order valence-corrected chi connectivity index (χ1v) is 19.9. The first kappa shape index (κ1) is 42.2. The lowest BCUT2D eigenvalue weighted by Crippen LogP contribution is -1.96. The molecule has 0 unspecified atom stereocenters. The maximum Gasteiger partial charge on any atom is 0.335 e. The van der Waals surface area contributed by atoms with Gasteiger partial charge in [0.15, 0.2) is 0 Å². The second kappa shape index (κ2) is 19.4. The number of carboxylic acids is 2. The number of aryl methyl sites for hydroxylation is 1. The zero-order valence-electron chi connectivity index (χ0n) is 34.9. The molecular weight excluding hydrogens is 777 g/mol. The molecule has 0 aliphatic heterocycles. The van der Waals surface area contributed by atoms with Crippen molar-refractivity contribution >= 4 is 29.2 Å². The molecule has 0 heterocycles. The van der Waals surface area contributed by atoms with Crippen molar-refractivity contribution in [1.29, 1.82) is 0 Å². The standard InChI is InChI=1S/2C27H22O4/c2*1-30-24-15-19(16-25(17-24)31-2)14-23-13-12-21-5-3-4-20(26(21)23)9-6-18-7-10-22(11-8-18)27(28)29/h3-5,7-8,10-11,14-17H,12-13H2,1-2H3,(H,28,29);3-5,7-8,10-11,13,15-17H,12,14H2,1-2H3,(H,28,29).